The van der Waals surface area contributed by atoms with Crippen molar-refractivity contribution in [1.82, 2.24) is 10.0 Å². The van der Waals surface area contributed by atoms with Gasteiger partial charge in [0.15, 0.2) is 11.3 Å². The number of halogens is 1. The number of hydrogen-bond donors (Lipinski definition) is 2. The number of ether oxygens (including phenoxy) is 1. The predicted octanol–water partition coefficient (Wildman–Crippen LogP) is 3.12. The summed E-state index contributed by atoms with van der Waals surface area (Å²) in [5.74, 6) is -0.415. The fourth-order valence-electron chi connectivity index (χ4n) is 2.85. The molecule has 9 heteroatoms. The molecular weight excluding hydrogens is 399 g/mol. The molecule has 2 aromatic carbocycles. The summed E-state index contributed by atoms with van der Waals surface area (Å²) in [4.78, 5) is 11.9. The molecule has 1 heterocycles. The van der Waals surface area contributed by atoms with E-state index in [0.717, 1.165) is 17.5 Å². The molecule has 154 valence electrons. The van der Waals surface area contributed by atoms with Crippen LogP contribution in [0, 0.1) is 5.82 Å². The largest absolute Gasteiger partial charge is 0.493 e. The van der Waals surface area contributed by atoms with Crippen LogP contribution in [0.5, 0.6) is 5.75 Å². The van der Waals surface area contributed by atoms with Crippen molar-refractivity contribution in [2.75, 3.05) is 7.11 Å². The van der Waals surface area contributed by atoms with E-state index in [2.05, 4.69) is 10.0 Å². The van der Waals surface area contributed by atoms with Crippen molar-refractivity contribution in [2.24, 2.45) is 0 Å². The van der Waals surface area contributed by atoms with Crippen LogP contribution in [0.3, 0.4) is 0 Å². The zero-order valence-corrected chi connectivity index (χ0v) is 16.9. The number of sulfonamides is 1. The Balaban J connectivity index is 1.72. The molecule has 7 nitrogen and oxygen atoms in total. The lowest BCUT2D eigenvalue weighted by molar-refractivity contribution is -0.123. The maximum Gasteiger partial charge on any atom is 0.244 e. The Morgan fingerprint density at radius 2 is 1.86 bits per heavy atom. The number of rotatable bonds is 7. The lowest BCUT2D eigenvalue weighted by Gasteiger charge is -2.17. The fourth-order valence-corrected chi connectivity index (χ4v) is 4.13. The van der Waals surface area contributed by atoms with E-state index in [4.69, 9.17) is 9.15 Å². The lowest BCUT2D eigenvalue weighted by atomic mass is 10.2. The van der Waals surface area contributed by atoms with Gasteiger partial charge in [-0.1, -0.05) is 24.3 Å². The number of methoxy groups -OCH3 is 1. The highest BCUT2D eigenvalue weighted by Gasteiger charge is 2.26. The summed E-state index contributed by atoms with van der Waals surface area (Å²) in [7, 11) is -2.66. The third kappa shape index (κ3) is 4.41. The predicted molar refractivity (Wildman–Crippen MR) is 106 cm³/mol. The van der Waals surface area contributed by atoms with Crippen molar-refractivity contribution in [3.63, 3.8) is 0 Å². The molecule has 0 radical (unpaired) electrons. The normalized spacial score (nSPS) is 13.8. The minimum absolute atomic E-state index is 0.488. The summed E-state index contributed by atoms with van der Waals surface area (Å²) < 4.78 is 51.7. The molecule has 2 N–H and O–H groups in total. The van der Waals surface area contributed by atoms with Gasteiger partial charge in [0.25, 0.3) is 0 Å². The molecule has 0 saturated carbocycles. The van der Waals surface area contributed by atoms with Gasteiger partial charge in [0.1, 0.15) is 16.5 Å². The summed E-state index contributed by atoms with van der Waals surface area (Å²) in [5.41, 5.74) is 0.555. The van der Waals surface area contributed by atoms with Crippen LogP contribution < -0.4 is 14.8 Å². The zero-order chi connectivity index (χ0) is 21.2. The number of nitrogens with one attached hydrogen (secondary N) is 2. The van der Waals surface area contributed by atoms with Crippen LogP contribution in [0.15, 0.2) is 57.8 Å². The summed E-state index contributed by atoms with van der Waals surface area (Å²) in [5, 5.41) is 3.50. The monoisotopic (exact) mass is 420 g/mol. The summed E-state index contributed by atoms with van der Waals surface area (Å²) in [6.07, 6.45) is 0. The van der Waals surface area contributed by atoms with Crippen LogP contribution in [0.1, 0.15) is 25.6 Å². The first kappa shape index (κ1) is 20.8. The SMILES string of the molecule is COc1cccc2cc(C(C)NC(=O)[C@H](C)NS(=O)(=O)c3ccccc3F)oc12. The molecule has 0 aliphatic heterocycles. The van der Waals surface area contributed by atoms with E-state index < -0.39 is 38.7 Å². The van der Waals surface area contributed by atoms with Crippen molar-refractivity contribution in [3.8, 4) is 5.75 Å². The van der Waals surface area contributed by atoms with Crippen LogP contribution in [-0.2, 0) is 14.8 Å². The Morgan fingerprint density at radius 3 is 2.55 bits per heavy atom. The topological polar surface area (TPSA) is 97.6 Å². The average molecular weight is 420 g/mol. The summed E-state index contributed by atoms with van der Waals surface area (Å²) >= 11 is 0. The van der Waals surface area contributed by atoms with Gasteiger partial charge in [-0.15, -0.1) is 0 Å². The maximum atomic E-state index is 13.8. The van der Waals surface area contributed by atoms with E-state index >= 15 is 0 Å². The zero-order valence-electron chi connectivity index (χ0n) is 16.1. The van der Waals surface area contributed by atoms with Gasteiger partial charge in [-0.3, -0.25) is 4.79 Å². The molecule has 0 fully saturated rings. The summed E-state index contributed by atoms with van der Waals surface area (Å²) in [6.45, 7) is 3.09. The molecule has 3 aromatic rings. The van der Waals surface area contributed by atoms with E-state index in [-0.39, 0.29) is 0 Å². The van der Waals surface area contributed by atoms with Gasteiger partial charge in [0.2, 0.25) is 15.9 Å². The van der Waals surface area contributed by atoms with E-state index in [1.165, 1.54) is 26.2 Å². The second-order valence-corrected chi connectivity index (χ2v) is 8.21. The van der Waals surface area contributed by atoms with E-state index in [1.807, 2.05) is 12.1 Å². The molecule has 1 unspecified atom stereocenters. The minimum Gasteiger partial charge on any atom is -0.493 e. The maximum absolute atomic E-state index is 13.8. The molecule has 29 heavy (non-hydrogen) atoms. The molecule has 0 bridgehead atoms. The summed E-state index contributed by atoms with van der Waals surface area (Å²) in [6, 6.07) is 10.5. The fraction of sp³-hybridized carbons (Fsp3) is 0.250. The number of carbonyl (C=O) groups excluding carboxylic acids is 1. The molecule has 0 aliphatic rings. The van der Waals surface area contributed by atoms with E-state index in [9.17, 15) is 17.6 Å². The first-order valence-corrected chi connectivity index (χ1v) is 10.3. The number of furan rings is 1. The minimum atomic E-state index is -4.19. The third-order valence-electron chi connectivity index (χ3n) is 4.38. The standard InChI is InChI=1S/C20H21FN2O5S/c1-12(17-11-14-7-6-9-16(27-3)19(14)28-17)22-20(24)13(2)23-29(25,26)18-10-5-4-8-15(18)21/h4-13,23H,1-3H3,(H,22,24)/t12?,13-/m0/s1. The molecule has 0 spiro atoms. The molecule has 2 atom stereocenters. The van der Waals surface area contributed by atoms with Crippen molar-refractivity contribution in [2.45, 2.75) is 30.8 Å². The molecule has 1 amide bonds. The highest BCUT2D eigenvalue weighted by atomic mass is 32.2. The van der Waals surface area contributed by atoms with Crippen LogP contribution >= 0.6 is 0 Å². The Bertz CT molecular complexity index is 1140. The van der Waals surface area contributed by atoms with Crippen molar-refractivity contribution in [1.29, 1.82) is 0 Å². The number of fused-ring (bicyclic) bond motifs is 1. The Kier molecular flexibility index (Phi) is 5.90. The van der Waals surface area contributed by atoms with Gasteiger partial charge in [-0.05, 0) is 38.1 Å². The third-order valence-corrected chi connectivity index (χ3v) is 5.96. The van der Waals surface area contributed by atoms with Gasteiger partial charge in [0, 0.05) is 5.39 Å². The number of para-hydroxylation sites is 1. The Labute approximate surface area is 167 Å². The number of carbonyl (C=O) groups is 1. The Morgan fingerprint density at radius 1 is 1.14 bits per heavy atom. The molecule has 1 aromatic heterocycles. The molecular formula is C20H21FN2O5S. The van der Waals surface area contributed by atoms with Crippen molar-refractivity contribution in [3.05, 3.63) is 60.1 Å². The molecule has 0 aliphatic carbocycles. The quantitative estimate of drug-likeness (QED) is 0.612. The highest BCUT2D eigenvalue weighted by molar-refractivity contribution is 7.89. The van der Waals surface area contributed by atoms with Crippen LogP contribution in [0.25, 0.3) is 11.0 Å². The van der Waals surface area contributed by atoms with Gasteiger partial charge in [0.05, 0.1) is 19.2 Å². The average Bonchev–Trinajstić information content (AvgIpc) is 3.12. The van der Waals surface area contributed by atoms with E-state index in [1.54, 1.807) is 19.1 Å². The van der Waals surface area contributed by atoms with Crippen LogP contribution in [0.2, 0.25) is 0 Å². The van der Waals surface area contributed by atoms with Crippen LogP contribution in [-0.4, -0.2) is 27.5 Å². The molecule has 3 rings (SSSR count). The number of hydrogen-bond acceptors (Lipinski definition) is 5. The van der Waals surface area contributed by atoms with Crippen LogP contribution in [0.4, 0.5) is 4.39 Å². The van der Waals surface area contributed by atoms with Gasteiger partial charge in [-0.25, -0.2) is 12.8 Å². The van der Waals surface area contributed by atoms with Gasteiger partial charge in [-0.2, -0.15) is 4.72 Å². The molecule has 0 saturated heterocycles. The second kappa shape index (κ2) is 8.22. The highest BCUT2D eigenvalue weighted by Crippen LogP contribution is 2.30. The van der Waals surface area contributed by atoms with Gasteiger partial charge >= 0.3 is 0 Å². The van der Waals surface area contributed by atoms with Gasteiger partial charge < -0.3 is 14.5 Å². The number of amides is 1. The Hall–Kier alpha value is -2.91. The van der Waals surface area contributed by atoms with Crippen molar-refractivity contribution >= 4 is 26.9 Å². The number of benzene rings is 2. The van der Waals surface area contributed by atoms with E-state index in [0.29, 0.717) is 17.1 Å². The first-order chi connectivity index (χ1) is 13.7. The first-order valence-electron chi connectivity index (χ1n) is 8.86. The lowest BCUT2D eigenvalue weighted by Crippen LogP contribution is -2.45. The smallest absolute Gasteiger partial charge is 0.244 e. The second-order valence-electron chi connectivity index (χ2n) is 6.53. The van der Waals surface area contributed by atoms with Crippen molar-refractivity contribution < 1.29 is 26.8 Å².